The van der Waals surface area contributed by atoms with E-state index in [2.05, 4.69) is 51.6 Å². The predicted molar refractivity (Wildman–Crippen MR) is 161 cm³/mol. The van der Waals surface area contributed by atoms with E-state index in [9.17, 15) is 9.18 Å². The molecule has 42 heavy (non-hydrogen) atoms. The molecular weight excluding hydrogens is 529 g/mol. The minimum absolute atomic E-state index is 0.0287. The van der Waals surface area contributed by atoms with Gasteiger partial charge in [0.05, 0.1) is 28.9 Å². The monoisotopic (exact) mass is 565 g/mol. The second kappa shape index (κ2) is 12.3. The summed E-state index contributed by atoms with van der Waals surface area (Å²) >= 11 is 0. The molecule has 0 aliphatic carbocycles. The Kier molecular flexibility index (Phi) is 8.15. The molecule has 7 nitrogen and oxygen atoms in total. The molecule has 1 N–H and O–H groups in total. The molecule has 1 aromatic heterocycles. The van der Waals surface area contributed by atoms with E-state index in [0.29, 0.717) is 23.7 Å². The average molecular weight is 566 g/mol. The first-order valence-corrected chi connectivity index (χ1v) is 14.7. The minimum atomic E-state index is -0.298. The number of likely N-dealkylation sites (tertiary alicyclic amines) is 2. The molecule has 4 aromatic rings. The predicted octanol–water partition coefficient (Wildman–Crippen LogP) is 6.22. The van der Waals surface area contributed by atoms with Crippen LogP contribution in [-0.2, 0) is 6.54 Å². The van der Waals surface area contributed by atoms with Crippen LogP contribution in [0.25, 0.3) is 5.69 Å². The fourth-order valence-electron chi connectivity index (χ4n) is 6.35. The number of oxime groups is 1. The Morgan fingerprint density at radius 1 is 0.929 bits per heavy atom. The summed E-state index contributed by atoms with van der Waals surface area (Å²) in [5, 5.41) is 17.0. The summed E-state index contributed by atoms with van der Waals surface area (Å²) < 4.78 is 15.6. The molecule has 3 aromatic carbocycles. The smallest absolute Gasteiger partial charge is 0.257 e. The molecule has 0 unspecified atom stereocenters. The maximum Gasteiger partial charge on any atom is 0.257 e. The van der Waals surface area contributed by atoms with Crippen molar-refractivity contribution in [3.05, 3.63) is 119 Å². The number of aromatic nitrogens is 2. The third-order valence-corrected chi connectivity index (χ3v) is 8.76. The number of benzene rings is 3. The summed E-state index contributed by atoms with van der Waals surface area (Å²) in [4.78, 5) is 18.4. The van der Waals surface area contributed by atoms with Crippen molar-refractivity contribution in [1.29, 1.82) is 0 Å². The van der Waals surface area contributed by atoms with Gasteiger partial charge in [0.1, 0.15) is 5.82 Å². The van der Waals surface area contributed by atoms with Gasteiger partial charge < -0.3 is 10.1 Å². The molecular formula is C34H36FN5O2. The van der Waals surface area contributed by atoms with Crippen LogP contribution in [0.15, 0.2) is 90.2 Å². The van der Waals surface area contributed by atoms with Crippen LogP contribution < -0.4 is 0 Å². The van der Waals surface area contributed by atoms with Crippen molar-refractivity contribution >= 4 is 11.6 Å². The standard InChI is InChI=1S/C34H36FN5O2/c1-24(37-42)26-9-7-25(8-10-26)22-38-18-15-28(16-19-38)33-32(21-36-40(33)31-13-11-30(35)12-14-31)34(41)39-20-17-29(23-39)27-5-3-2-4-6-27/h2-14,21,28-29,42H,15-20,22-23H2,1H3/b37-24+/t29-/m0/s1. The Hall–Kier alpha value is -4.30. The SMILES string of the molecule is C/C(=N\O)c1ccc(CN2CCC(c3c(C(=O)N4CC[C@H](c5ccccc5)C4)cnn3-c3ccc(F)cc3)CC2)cc1. The fourth-order valence-corrected chi connectivity index (χ4v) is 6.35. The lowest BCUT2D eigenvalue weighted by Crippen LogP contribution is -2.34. The topological polar surface area (TPSA) is 74.0 Å². The minimum Gasteiger partial charge on any atom is -0.411 e. The van der Waals surface area contributed by atoms with Crippen LogP contribution in [0.3, 0.4) is 0 Å². The largest absolute Gasteiger partial charge is 0.411 e. The van der Waals surface area contributed by atoms with E-state index in [4.69, 9.17) is 5.21 Å². The lowest BCUT2D eigenvalue weighted by atomic mass is 9.90. The Morgan fingerprint density at radius 2 is 1.62 bits per heavy atom. The molecule has 6 rings (SSSR count). The Bertz CT molecular complexity index is 1540. The van der Waals surface area contributed by atoms with E-state index in [-0.39, 0.29) is 17.6 Å². The summed E-state index contributed by atoms with van der Waals surface area (Å²) in [5.74, 6) is 0.225. The van der Waals surface area contributed by atoms with E-state index in [1.54, 1.807) is 25.3 Å². The highest BCUT2D eigenvalue weighted by Gasteiger charge is 2.34. The van der Waals surface area contributed by atoms with Crippen LogP contribution in [0.4, 0.5) is 4.39 Å². The summed E-state index contributed by atoms with van der Waals surface area (Å²) in [6.45, 7) is 5.82. The first kappa shape index (κ1) is 27.8. The maximum atomic E-state index is 14.0. The van der Waals surface area contributed by atoms with E-state index in [1.807, 2.05) is 27.8 Å². The molecule has 2 fully saturated rings. The van der Waals surface area contributed by atoms with Gasteiger partial charge in [-0.2, -0.15) is 5.10 Å². The first-order chi connectivity index (χ1) is 20.5. The fraction of sp³-hybridized carbons (Fsp3) is 0.324. The van der Waals surface area contributed by atoms with Crippen molar-refractivity contribution in [3.8, 4) is 5.69 Å². The van der Waals surface area contributed by atoms with Gasteiger partial charge in [-0.15, -0.1) is 0 Å². The van der Waals surface area contributed by atoms with Crippen LogP contribution >= 0.6 is 0 Å². The van der Waals surface area contributed by atoms with Gasteiger partial charge >= 0.3 is 0 Å². The Labute approximate surface area is 245 Å². The lowest BCUT2D eigenvalue weighted by Gasteiger charge is -2.33. The van der Waals surface area contributed by atoms with Gasteiger partial charge in [0.15, 0.2) is 0 Å². The number of rotatable bonds is 7. The van der Waals surface area contributed by atoms with Crippen LogP contribution in [0.5, 0.6) is 0 Å². The van der Waals surface area contributed by atoms with Crippen LogP contribution in [0.2, 0.25) is 0 Å². The Balaban J connectivity index is 1.20. The average Bonchev–Trinajstić information content (AvgIpc) is 3.71. The highest BCUT2D eigenvalue weighted by molar-refractivity contribution is 5.98. The molecule has 0 radical (unpaired) electrons. The zero-order valence-electron chi connectivity index (χ0n) is 23.9. The van der Waals surface area contributed by atoms with Gasteiger partial charge in [-0.3, -0.25) is 9.69 Å². The molecule has 0 saturated carbocycles. The van der Waals surface area contributed by atoms with Crippen molar-refractivity contribution in [2.75, 3.05) is 26.2 Å². The Morgan fingerprint density at radius 3 is 2.31 bits per heavy atom. The molecule has 0 bridgehead atoms. The molecule has 3 heterocycles. The molecule has 2 aliphatic heterocycles. The number of carbonyl (C=O) groups is 1. The molecule has 1 amide bonds. The molecule has 2 saturated heterocycles. The zero-order valence-corrected chi connectivity index (χ0v) is 23.9. The number of amides is 1. The van der Waals surface area contributed by atoms with E-state index in [1.165, 1.54) is 23.3 Å². The van der Waals surface area contributed by atoms with Gasteiger partial charge in [-0.05, 0) is 80.2 Å². The normalized spacial score (nSPS) is 18.5. The summed E-state index contributed by atoms with van der Waals surface area (Å²) in [5.41, 5.74) is 6.32. The number of carbonyl (C=O) groups excluding carboxylic acids is 1. The van der Waals surface area contributed by atoms with Gasteiger partial charge in [0.25, 0.3) is 5.91 Å². The van der Waals surface area contributed by atoms with Crippen molar-refractivity contribution < 1.29 is 14.4 Å². The molecule has 8 heteroatoms. The quantitative estimate of drug-likeness (QED) is 0.164. The van der Waals surface area contributed by atoms with E-state index >= 15 is 0 Å². The number of hydrogen-bond acceptors (Lipinski definition) is 5. The summed E-state index contributed by atoms with van der Waals surface area (Å²) in [6.07, 6.45) is 4.45. The van der Waals surface area contributed by atoms with Crippen LogP contribution in [0, 0.1) is 5.82 Å². The highest BCUT2D eigenvalue weighted by Crippen LogP contribution is 2.35. The van der Waals surface area contributed by atoms with Gasteiger partial charge in [0.2, 0.25) is 0 Å². The van der Waals surface area contributed by atoms with Gasteiger partial charge in [-0.25, -0.2) is 9.07 Å². The van der Waals surface area contributed by atoms with E-state index < -0.39 is 0 Å². The third-order valence-electron chi connectivity index (χ3n) is 8.76. The number of hydrogen-bond donors (Lipinski definition) is 1. The van der Waals surface area contributed by atoms with Gasteiger partial charge in [-0.1, -0.05) is 59.8 Å². The third kappa shape index (κ3) is 5.85. The summed E-state index contributed by atoms with van der Waals surface area (Å²) in [7, 11) is 0. The number of piperidine rings is 1. The number of nitrogens with zero attached hydrogens (tertiary/aromatic N) is 5. The number of halogens is 1. The van der Waals surface area contributed by atoms with E-state index in [0.717, 1.165) is 62.4 Å². The second-order valence-electron chi connectivity index (χ2n) is 11.4. The van der Waals surface area contributed by atoms with Gasteiger partial charge in [0, 0.05) is 31.5 Å². The molecule has 216 valence electrons. The molecule has 1 atom stereocenters. The molecule has 0 spiro atoms. The zero-order chi connectivity index (χ0) is 29.1. The van der Waals surface area contributed by atoms with Crippen molar-refractivity contribution in [2.24, 2.45) is 5.16 Å². The first-order valence-electron chi connectivity index (χ1n) is 14.7. The van der Waals surface area contributed by atoms with Crippen molar-refractivity contribution in [1.82, 2.24) is 19.6 Å². The summed E-state index contributed by atoms with van der Waals surface area (Å²) in [6, 6.07) is 24.9. The van der Waals surface area contributed by atoms with Crippen molar-refractivity contribution in [3.63, 3.8) is 0 Å². The maximum absolute atomic E-state index is 14.0. The van der Waals surface area contributed by atoms with Crippen LogP contribution in [0.1, 0.15) is 70.8 Å². The highest BCUT2D eigenvalue weighted by atomic mass is 19.1. The second-order valence-corrected chi connectivity index (χ2v) is 11.4. The van der Waals surface area contributed by atoms with Crippen molar-refractivity contribution in [2.45, 2.75) is 44.6 Å². The molecule has 2 aliphatic rings. The lowest BCUT2D eigenvalue weighted by molar-refractivity contribution is 0.0788. The van der Waals surface area contributed by atoms with Crippen LogP contribution in [-0.4, -0.2) is 62.6 Å².